The first-order valence-electron chi connectivity index (χ1n) is 8.13. The Morgan fingerprint density at radius 3 is 2.62 bits per heavy atom. The Balaban J connectivity index is 2.07. The number of pyridine rings is 1. The van der Waals surface area contributed by atoms with Crippen LogP contribution in [0.3, 0.4) is 0 Å². The van der Waals surface area contributed by atoms with Crippen LogP contribution in [0.5, 0.6) is 0 Å². The van der Waals surface area contributed by atoms with Gasteiger partial charge in [0.25, 0.3) is 0 Å². The molecular weight excluding hydrogens is 305 g/mol. The molecule has 0 aliphatic rings. The van der Waals surface area contributed by atoms with Gasteiger partial charge in [-0.1, -0.05) is 18.2 Å². The molecule has 1 N–H and O–H groups in total. The lowest BCUT2D eigenvalue weighted by Gasteiger charge is -2.18. The number of hydrogen-bond acceptors (Lipinski definition) is 3. The van der Waals surface area contributed by atoms with Gasteiger partial charge < -0.3 is 10.2 Å². The van der Waals surface area contributed by atoms with Crippen molar-refractivity contribution in [2.24, 2.45) is 0 Å². The average Bonchev–Trinajstić information content (AvgIpc) is 2.58. The van der Waals surface area contributed by atoms with E-state index in [1.165, 1.54) is 12.1 Å². The first kappa shape index (κ1) is 18.1. The molecule has 0 aliphatic carbocycles. The Morgan fingerprint density at radius 2 is 2.00 bits per heavy atom. The Hall–Kier alpha value is -2.27. The number of benzene rings is 1. The molecule has 1 unspecified atom stereocenters. The average molecular weight is 329 g/mol. The van der Waals surface area contributed by atoms with Crippen molar-refractivity contribution in [2.75, 3.05) is 27.2 Å². The predicted molar refractivity (Wildman–Crippen MR) is 93.3 cm³/mol. The van der Waals surface area contributed by atoms with Gasteiger partial charge in [-0.3, -0.25) is 9.78 Å². The van der Waals surface area contributed by atoms with Gasteiger partial charge in [0.1, 0.15) is 5.82 Å². The van der Waals surface area contributed by atoms with E-state index >= 15 is 0 Å². The lowest BCUT2D eigenvalue weighted by Crippen LogP contribution is -2.32. The molecule has 0 saturated carbocycles. The summed E-state index contributed by atoms with van der Waals surface area (Å²) >= 11 is 0. The summed E-state index contributed by atoms with van der Waals surface area (Å²) in [5.41, 5.74) is 1.79. The van der Waals surface area contributed by atoms with E-state index in [1.54, 1.807) is 24.5 Å². The number of nitrogens with zero attached hydrogens (tertiary/aromatic N) is 2. The molecule has 4 nitrogen and oxygen atoms in total. The van der Waals surface area contributed by atoms with Crippen molar-refractivity contribution in [2.45, 2.75) is 18.8 Å². The normalized spacial score (nSPS) is 12.2. The highest BCUT2D eigenvalue weighted by atomic mass is 19.1. The van der Waals surface area contributed by atoms with Gasteiger partial charge in [-0.05, 0) is 62.8 Å². The Morgan fingerprint density at radius 1 is 1.25 bits per heavy atom. The SMILES string of the molecule is CN(C)CCCNC(=O)C(Cc1cccnc1)c1ccc(F)cc1. The van der Waals surface area contributed by atoms with Crippen molar-refractivity contribution < 1.29 is 9.18 Å². The van der Waals surface area contributed by atoms with E-state index < -0.39 is 0 Å². The van der Waals surface area contributed by atoms with Crippen molar-refractivity contribution in [1.82, 2.24) is 15.2 Å². The molecule has 128 valence electrons. The second kappa shape index (κ2) is 9.13. The molecule has 0 aliphatic heterocycles. The fraction of sp³-hybridized carbons (Fsp3) is 0.368. The van der Waals surface area contributed by atoms with Crippen molar-refractivity contribution in [3.8, 4) is 0 Å². The molecule has 1 atom stereocenters. The third kappa shape index (κ3) is 5.74. The van der Waals surface area contributed by atoms with Crippen molar-refractivity contribution in [1.29, 1.82) is 0 Å². The van der Waals surface area contributed by atoms with Gasteiger partial charge in [0, 0.05) is 18.9 Å². The van der Waals surface area contributed by atoms with Crippen LogP contribution < -0.4 is 5.32 Å². The van der Waals surface area contributed by atoms with Crippen LogP contribution in [0.25, 0.3) is 0 Å². The molecule has 0 spiro atoms. The minimum absolute atomic E-state index is 0.0378. The zero-order valence-electron chi connectivity index (χ0n) is 14.2. The minimum atomic E-state index is -0.353. The zero-order chi connectivity index (χ0) is 17.4. The second-order valence-corrected chi connectivity index (χ2v) is 6.12. The van der Waals surface area contributed by atoms with Crippen molar-refractivity contribution >= 4 is 5.91 Å². The standard InChI is InChI=1S/C19H24FN3O/c1-23(2)12-4-11-22-19(24)18(13-15-5-3-10-21-14-15)16-6-8-17(20)9-7-16/h3,5-10,14,18H,4,11-13H2,1-2H3,(H,22,24). The predicted octanol–water partition coefficient (Wildman–Crippen LogP) is 2.61. The molecule has 1 aromatic heterocycles. The quantitative estimate of drug-likeness (QED) is 0.757. The number of nitrogens with one attached hydrogen (secondary N) is 1. The fourth-order valence-electron chi connectivity index (χ4n) is 2.54. The molecule has 1 aromatic carbocycles. The lowest BCUT2D eigenvalue weighted by molar-refractivity contribution is -0.122. The van der Waals surface area contributed by atoms with E-state index in [1.807, 2.05) is 26.2 Å². The van der Waals surface area contributed by atoms with Crippen LogP contribution in [0.2, 0.25) is 0 Å². The molecule has 0 saturated heterocycles. The zero-order valence-corrected chi connectivity index (χ0v) is 14.2. The number of carbonyl (C=O) groups excluding carboxylic acids is 1. The molecule has 2 aromatic rings. The van der Waals surface area contributed by atoms with Crippen LogP contribution in [-0.2, 0) is 11.2 Å². The number of carbonyl (C=O) groups is 1. The molecule has 1 amide bonds. The maximum absolute atomic E-state index is 13.2. The van der Waals surface area contributed by atoms with Crippen LogP contribution in [0, 0.1) is 5.82 Å². The Kier molecular flexibility index (Phi) is 6.88. The number of halogens is 1. The summed E-state index contributed by atoms with van der Waals surface area (Å²) in [6, 6.07) is 9.94. The molecular formula is C19H24FN3O. The lowest BCUT2D eigenvalue weighted by atomic mass is 9.91. The van der Waals surface area contributed by atoms with Gasteiger partial charge in [0.05, 0.1) is 5.92 Å². The van der Waals surface area contributed by atoms with E-state index in [9.17, 15) is 9.18 Å². The van der Waals surface area contributed by atoms with Crippen LogP contribution >= 0.6 is 0 Å². The fourth-order valence-corrected chi connectivity index (χ4v) is 2.54. The summed E-state index contributed by atoms with van der Waals surface area (Å²) in [4.78, 5) is 18.8. The topological polar surface area (TPSA) is 45.2 Å². The van der Waals surface area contributed by atoms with E-state index in [4.69, 9.17) is 0 Å². The van der Waals surface area contributed by atoms with Gasteiger partial charge in [-0.25, -0.2) is 4.39 Å². The van der Waals surface area contributed by atoms with E-state index in [0.717, 1.165) is 24.1 Å². The Labute approximate surface area is 142 Å². The van der Waals surface area contributed by atoms with Crippen LogP contribution in [0.15, 0.2) is 48.8 Å². The maximum Gasteiger partial charge on any atom is 0.227 e. The molecule has 5 heteroatoms. The number of hydrogen-bond donors (Lipinski definition) is 1. The van der Waals surface area contributed by atoms with E-state index in [-0.39, 0.29) is 17.6 Å². The van der Waals surface area contributed by atoms with Crippen LogP contribution in [-0.4, -0.2) is 43.0 Å². The number of amides is 1. The third-order valence-corrected chi connectivity index (χ3v) is 3.83. The first-order valence-corrected chi connectivity index (χ1v) is 8.13. The number of rotatable bonds is 8. The highest BCUT2D eigenvalue weighted by Gasteiger charge is 2.21. The summed E-state index contributed by atoms with van der Waals surface area (Å²) < 4.78 is 13.2. The molecule has 2 rings (SSSR count). The van der Waals surface area contributed by atoms with Crippen LogP contribution in [0.4, 0.5) is 4.39 Å². The molecule has 24 heavy (non-hydrogen) atoms. The van der Waals surface area contributed by atoms with Gasteiger partial charge in [-0.15, -0.1) is 0 Å². The highest BCUT2D eigenvalue weighted by Crippen LogP contribution is 2.21. The van der Waals surface area contributed by atoms with Crippen molar-refractivity contribution in [3.63, 3.8) is 0 Å². The monoisotopic (exact) mass is 329 g/mol. The van der Waals surface area contributed by atoms with E-state index in [2.05, 4.69) is 15.2 Å². The van der Waals surface area contributed by atoms with Gasteiger partial charge in [0.2, 0.25) is 5.91 Å². The molecule has 0 radical (unpaired) electrons. The summed E-state index contributed by atoms with van der Waals surface area (Å²) in [6.07, 6.45) is 4.90. The maximum atomic E-state index is 13.2. The molecule has 0 bridgehead atoms. The summed E-state index contributed by atoms with van der Waals surface area (Å²) in [7, 11) is 4.01. The molecule has 1 heterocycles. The minimum Gasteiger partial charge on any atom is -0.356 e. The largest absolute Gasteiger partial charge is 0.356 e. The summed E-state index contributed by atoms with van der Waals surface area (Å²) in [5, 5.41) is 2.99. The van der Waals surface area contributed by atoms with Gasteiger partial charge in [-0.2, -0.15) is 0 Å². The second-order valence-electron chi connectivity index (χ2n) is 6.12. The molecule has 0 fully saturated rings. The Bertz CT molecular complexity index is 629. The number of aromatic nitrogens is 1. The van der Waals surface area contributed by atoms with Crippen molar-refractivity contribution in [3.05, 3.63) is 65.7 Å². The summed E-state index contributed by atoms with van der Waals surface area (Å²) in [5.74, 6) is -0.691. The third-order valence-electron chi connectivity index (χ3n) is 3.83. The van der Waals surface area contributed by atoms with E-state index in [0.29, 0.717) is 13.0 Å². The van der Waals surface area contributed by atoms with Crippen LogP contribution in [0.1, 0.15) is 23.5 Å². The smallest absolute Gasteiger partial charge is 0.227 e. The highest BCUT2D eigenvalue weighted by molar-refractivity contribution is 5.83. The van der Waals surface area contributed by atoms with Gasteiger partial charge in [0.15, 0.2) is 0 Å². The summed E-state index contributed by atoms with van der Waals surface area (Å²) in [6.45, 7) is 1.55. The first-order chi connectivity index (χ1) is 11.6. The van der Waals surface area contributed by atoms with Gasteiger partial charge >= 0.3 is 0 Å².